The molecule has 7 nitrogen and oxygen atoms in total. The van der Waals surface area contributed by atoms with Crippen LogP contribution in [0, 0.1) is 0 Å². The molecule has 1 heterocycles. The molecule has 2 atom stereocenters. The van der Waals surface area contributed by atoms with E-state index in [-0.39, 0.29) is 23.5 Å². The van der Waals surface area contributed by atoms with Gasteiger partial charge in [0, 0.05) is 19.3 Å². The number of carbonyl (C=O) groups is 2. The topological polar surface area (TPSA) is 85.2 Å². The highest BCUT2D eigenvalue weighted by Crippen LogP contribution is 2.26. The summed E-state index contributed by atoms with van der Waals surface area (Å²) < 4.78 is 0. The first-order chi connectivity index (χ1) is 18.6. The molecule has 0 aliphatic carbocycles. The summed E-state index contributed by atoms with van der Waals surface area (Å²) in [5, 5.41) is 20.0. The van der Waals surface area contributed by atoms with Crippen LogP contribution in [0.25, 0.3) is 0 Å². The van der Waals surface area contributed by atoms with Gasteiger partial charge in [0.15, 0.2) is 0 Å². The summed E-state index contributed by atoms with van der Waals surface area (Å²) in [6, 6.07) is 27.0. The Kier molecular flexibility index (Phi) is 8.82. The lowest BCUT2D eigenvalue weighted by Gasteiger charge is -2.30. The zero-order valence-corrected chi connectivity index (χ0v) is 23.2. The summed E-state index contributed by atoms with van der Waals surface area (Å²) >= 11 is 0. The number of nitrogens with zero attached hydrogens (tertiary/aromatic N) is 3. The van der Waals surface area contributed by atoms with E-state index in [4.69, 9.17) is 0 Å². The normalized spacial score (nSPS) is 15.1. The molecule has 7 heteroatoms. The summed E-state index contributed by atoms with van der Waals surface area (Å²) in [5.74, 6) is -0.654. The van der Waals surface area contributed by atoms with Gasteiger partial charge in [-0.3, -0.25) is 9.59 Å². The SMILES string of the molecule is CN(C[C@@H](O)[C@H](Cc1ccccc1)NC(=O)C1=NN(Cc2ccccc2)C(=O)C1)c1cccc(C(C)(C)C)c1. The number of amides is 2. The predicted octanol–water partition coefficient (Wildman–Crippen LogP) is 4.30. The number of aliphatic hydroxyl groups is 1. The van der Waals surface area contributed by atoms with E-state index in [0.29, 0.717) is 19.5 Å². The van der Waals surface area contributed by atoms with Crippen molar-refractivity contribution >= 4 is 23.2 Å². The lowest BCUT2D eigenvalue weighted by Crippen LogP contribution is -2.50. The van der Waals surface area contributed by atoms with Gasteiger partial charge in [0.25, 0.3) is 5.91 Å². The summed E-state index contributed by atoms with van der Waals surface area (Å²) in [7, 11) is 1.94. The van der Waals surface area contributed by atoms with Crippen LogP contribution in [-0.4, -0.2) is 53.4 Å². The van der Waals surface area contributed by atoms with Crippen LogP contribution in [0.2, 0.25) is 0 Å². The lowest BCUT2D eigenvalue weighted by atomic mass is 9.87. The summed E-state index contributed by atoms with van der Waals surface area (Å²) in [6.45, 7) is 7.14. The van der Waals surface area contributed by atoms with Gasteiger partial charge in [-0.15, -0.1) is 0 Å². The molecule has 0 unspecified atom stereocenters. The maximum atomic E-state index is 13.3. The van der Waals surface area contributed by atoms with Gasteiger partial charge in [0.05, 0.1) is 25.1 Å². The molecule has 3 aromatic carbocycles. The van der Waals surface area contributed by atoms with Gasteiger partial charge in [-0.2, -0.15) is 5.10 Å². The minimum absolute atomic E-state index is 0.00706. The molecule has 4 rings (SSSR count). The minimum Gasteiger partial charge on any atom is -0.389 e. The number of aliphatic hydroxyl groups excluding tert-OH is 1. The van der Waals surface area contributed by atoms with Crippen LogP contribution < -0.4 is 10.2 Å². The predicted molar refractivity (Wildman–Crippen MR) is 156 cm³/mol. The number of nitrogens with one attached hydrogen (secondary N) is 1. The first kappa shape index (κ1) is 28.0. The quantitative estimate of drug-likeness (QED) is 0.413. The highest BCUT2D eigenvalue weighted by atomic mass is 16.3. The second-order valence-corrected chi connectivity index (χ2v) is 11.2. The minimum atomic E-state index is -0.865. The van der Waals surface area contributed by atoms with Crippen LogP contribution in [0.3, 0.4) is 0 Å². The second kappa shape index (κ2) is 12.3. The molecule has 39 heavy (non-hydrogen) atoms. The van der Waals surface area contributed by atoms with Gasteiger partial charge in [0.2, 0.25) is 5.91 Å². The van der Waals surface area contributed by atoms with Gasteiger partial charge in [-0.05, 0) is 40.7 Å². The van der Waals surface area contributed by atoms with E-state index in [9.17, 15) is 14.7 Å². The molecule has 0 saturated carbocycles. The standard InChI is InChI=1S/C32H38N4O3/c1-32(2,3)25-16-11-17-26(19-25)35(4)22-29(37)27(18-23-12-7-5-8-13-23)33-31(39)28-20-30(38)36(34-28)21-24-14-9-6-10-15-24/h5-17,19,27,29,37H,18,20-22H2,1-4H3,(H,33,39)/t27-,29+/m0/s1. The first-order valence-corrected chi connectivity index (χ1v) is 13.4. The van der Waals surface area contributed by atoms with Crippen LogP contribution in [-0.2, 0) is 28.0 Å². The van der Waals surface area contributed by atoms with Crippen molar-refractivity contribution in [2.75, 3.05) is 18.5 Å². The average Bonchev–Trinajstić information content (AvgIpc) is 3.29. The first-order valence-electron chi connectivity index (χ1n) is 13.4. The number of carbonyl (C=O) groups excluding carboxylic acids is 2. The van der Waals surface area contributed by atoms with E-state index >= 15 is 0 Å². The Morgan fingerprint density at radius 3 is 2.28 bits per heavy atom. The Morgan fingerprint density at radius 2 is 1.64 bits per heavy atom. The fraction of sp³-hybridized carbons (Fsp3) is 0.344. The molecule has 0 radical (unpaired) electrons. The third-order valence-electron chi connectivity index (χ3n) is 6.98. The van der Waals surface area contributed by atoms with Crippen molar-refractivity contribution < 1.29 is 14.7 Å². The van der Waals surface area contributed by atoms with Crippen molar-refractivity contribution in [3.8, 4) is 0 Å². The molecule has 204 valence electrons. The van der Waals surface area contributed by atoms with Crippen molar-refractivity contribution in [1.29, 1.82) is 0 Å². The average molecular weight is 527 g/mol. The molecular weight excluding hydrogens is 488 g/mol. The van der Waals surface area contributed by atoms with Gasteiger partial charge in [0.1, 0.15) is 5.71 Å². The molecular formula is C32H38N4O3. The fourth-order valence-corrected chi connectivity index (χ4v) is 4.60. The Bertz CT molecular complexity index is 1300. The van der Waals surface area contributed by atoms with Crippen LogP contribution in [0.5, 0.6) is 0 Å². The molecule has 1 aliphatic heterocycles. The highest BCUT2D eigenvalue weighted by Gasteiger charge is 2.31. The zero-order chi connectivity index (χ0) is 28.0. The fourth-order valence-electron chi connectivity index (χ4n) is 4.60. The number of likely N-dealkylation sites (N-methyl/N-ethyl adjacent to an activating group) is 1. The van der Waals surface area contributed by atoms with E-state index in [2.05, 4.69) is 43.3 Å². The van der Waals surface area contributed by atoms with E-state index < -0.39 is 18.1 Å². The van der Waals surface area contributed by atoms with Crippen LogP contribution in [0.1, 0.15) is 43.9 Å². The summed E-state index contributed by atoms with van der Waals surface area (Å²) in [4.78, 5) is 27.8. The van der Waals surface area contributed by atoms with Crippen LogP contribution in [0.15, 0.2) is 90.0 Å². The molecule has 1 aliphatic rings. The zero-order valence-electron chi connectivity index (χ0n) is 23.2. The van der Waals surface area contributed by atoms with Crippen LogP contribution in [0.4, 0.5) is 5.69 Å². The van der Waals surface area contributed by atoms with Gasteiger partial charge in [-0.1, -0.05) is 93.6 Å². The van der Waals surface area contributed by atoms with Crippen molar-refractivity contribution in [2.24, 2.45) is 5.10 Å². The summed E-state index contributed by atoms with van der Waals surface area (Å²) in [5.41, 5.74) is 4.30. The van der Waals surface area contributed by atoms with E-state index in [1.165, 1.54) is 10.6 Å². The molecule has 0 aromatic heterocycles. The molecule has 0 fully saturated rings. The monoisotopic (exact) mass is 526 g/mol. The Hall–Kier alpha value is -3.97. The maximum absolute atomic E-state index is 13.3. The Balaban J connectivity index is 1.48. The molecule has 0 saturated heterocycles. The van der Waals surface area contributed by atoms with Crippen molar-refractivity contribution in [3.05, 3.63) is 102 Å². The Labute approximate surface area is 231 Å². The number of hydrazone groups is 1. The molecule has 0 bridgehead atoms. The number of anilines is 1. The lowest BCUT2D eigenvalue weighted by molar-refractivity contribution is -0.129. The van der Waals surface area contributed by atoms with Crippen molar-refractivity contribution in [1.82, 2.24) is 10.3 Å². The number of rotatable bonds is 10. The number of hydrogen-bond donors (Lipinski definition) is 2. The molecule has 3 aromatic rings. The van der Waals surface area contributed by atoms with Crippen molar-refractivity contribution in [3.63, 3.8) is 0 Å². The maximum Gasteiger partial charge on any atom is 0.268 e. The van der Waals surface area contributed by atoms with Crippen molar-refractivity contribution in [2.45, 2.75) is 57.7 Å². The van der Waals surface area contributed by atoms with Gasteiger partial charge < -0.3 is 15.3 Å². The second-order valence-electron chi connectivity index (χ2n) is 11.2. The summed E-state index contributed by atoms with van der Waals surface area (Å²) in [6.07, 6.45) is -0.485. The van der Waals surface area contributed by atoms with E-state index in [1.54, 1.807) is 0 Å². The molecule has 2 amide bonds. The van der Waals surface area contributed by atoms with E-state index in [1.807, 2.05) is 84.7 Å². The van der Waals surface area contributed by atoms with Gasteiger partial charge in [-0.25, -0.2) is 5.01 Å². The third-order valence-corrected chi connectivity index (χ3v) is 6.98. The molecule has 0 spiro atoms. The van der Waals surface area contributed by atoms with E-state index in [0.717, 1.165) is 16.8 Å². The Morgan fingerprint density at radius 1 is 1.00 bits per heavy atom. The highest BCUT2D eigenvalue weighted by molar-refractivity contribution is 6.43. The van der Waals surface area contributed by atoms with Crippen LogP contribution >= 0.6 is 0 Å². The smallest absolute Gasteiger partial charge is 0.268 e. The number of hydrogen-bond acceptors (Lipinski definition) is 5. The third kappa shape index (κ3) is 7.54. The molecule has 2 N–H and O–H groups in total. The van der Waals surface area contributed by atoms with Gasteiger partial charge >= 0.3 is 0 Å². The largest absolute Gasteiger partial charge is 0.389 e. The number of benzene rings is 3.